The van der Waals surface area contributed by atoms with E-state index in [2.05, 4.69) is 10.3 Å². The first-order chi connectivity index (χ1) is 14.4. The van der Waals surface area contributed by atoms with Crippen LogP contribution in [0.5, 0.6) is 0 Å². The van der Waals surface area contributed by atoms with Crippen molar-refractivity contribution >= 4 is 28.4 Å². The van der Waals surface area contributed by atoms with Gasteiger partial charge in [0.15, 0.2) is 0 Å². The number of aryl methyl sites for hydroxylation is 1. The molecule has 3 aromatic rings. The van der Waals surface area contributed by atoms with Crippen molar-refractivity contribution in [1.82, 2.24) is 9.88 Å². The molecule has 1 saturated heterocycles. The van der Waals surface area contributed by atoms with Gasteiger partial charge in [0, 0.05) is 41.5 Å². The highest BCUT2D eigenvalue weighted by Crippen LogP contribution is 2.22. The lowest BCUT2D eigenvalue weighted by atomic mass is 10.1. The predicted octanol–water partition coefficient (Wildman–Crippen LogP) is 3.53. The van der Waals surface area contributed by atoms with Gasteiger partial charge < -0.3 is 15.3 Å². The van der Waals surface area contributed by atoms with Crippen molar-refractivity contribution in [2.45, 2.75) is 25.9 Å². The lowest BCUT2D eigenvalue weighted by molar-refractivity contribution is 0.0546. The number of amides is 2. The van der Waals surface area contributed by atoms with E-state index in [1.54, 1.807) is 42.2 Å². The van der Waals surface area contributed by atoms with Crippen molar-refractivity contribution in [2.24, 2.45) is 0 Å². The zero-order valence-electron chi connectivity index (χ0n) is 16.6. The van der Waals surface area contributed by atoms with Gasteiger partial charge in [-0.15, -0.1) is 0 Å². The van der Waals surface area contributed by atoms with Crippen molar-refractivity contribution in [2.75, 3.05) is 18.4 Å². The van der Waals surface area contributed by atoms with Gasteiger partial charge in [0.1, 0.15) is 5.82 Å². The molecule has 2 N–H and O–H groups in total. The first kappa shape index (κ1) is 20.0. The Kier molecular flexibility index (Phi) is 5.46. The molecule has 0 atom stereocenters. The number of aliphatic hydroxyl groups excluding tert-OH is 1. The second kappa shape index (κ2) is 8.20. The van der Waals surface area contributed by atoms with Crippen LogP contribution in [0.3, 0.4) is 0 Å². The molecule has 2 amide bonds. The number of halogens is 1. The summed E-state index contributed by atoms with van der Waals surface area (Å²) in [5, 5.41) is 13.0. The molecule has 0 spiro atoms. The van der Waals surface area contributed by atoms with E-state index < -0.39 is 5.82 Å². The van der Waals surface area contributed by atoms with Crippen LogP contribution in [0.15, 0.2) is 48.5 Å². The molecule has 0 aliphatic carbocycles. The molecule has 0 radical (unpaired) electrons. The van der Waals surface area contributed by atoms with Crippen molar-refractivity contribution in [3.8, 4) is 0 Å². The maximum absolute atomic E-state index is 13.6. The molecular weight excluding hydrogens is 385 g/mol. The molecule has 1 fully saturated rings. The van der Waals surface area contributed by atoms with Gasteiger partial charge >= 0.3 is 0 Å². The lowest BCUT2D eigenvalue weighted by Gasteiger charge is -2.29. The van der Waals surface area contributed by atoms with Gasteiger partial charge in [0.05, 0.1) is 17.2 Å². The van der Waals surface area contributed by atoms with Crippen LogP contribution in [0.4, 0.5) is 10.1 Å². The molecule has 0 unspecified atom stereocenters. The molecule has 1 aliphatic rings. The summed E-state index contributed by atoms with van der Waals surface area (Å²) >= 11 is 0. The van der Waals surface area contributed by atoms with Crippen LogP contribution in [-0.4, -0.2) is 46.0 Å². The van der Waals surface area contributed by atoms with E-state index >= 15 is 0 Å². The van der Waals surface area contributed by atoms with Crippen LogP contribution < -0.4 is 5.32 Å². The first-order valence-corrected chi connectivity index (χ1v) is 9.86. The van der Waals surface area contributed by atoms with Crippen LogP contribution in [0.25, 0.3) is 10.9 Å². The van der Waals surface area contributed by atoms with E-state index in [0.717, 1.165) is 0 Å². The Balaban J connectivity index is 1.57. The van der Waals surface area contributed by atoms with Crippen molar-refractivity contribution in [3.05, 3.63) is 71.2 Å². The largest absolute Gasteiger partial charge is 0.393 e. The second-order valence-corrected chi connectivity index (χ2v) is 7.53. The molecule has 1 aliphatic heterocycles. The highest BCUT2D eigenvalue weighted by molar-refractivity contribution is 6.12. The van der Waals surface area contributed by atoms with Crippen LogP contribution >= 0.6 is 0 Å². The minimum atomic E-state index is -0.414. The summed E-state index contributed by atoms with van der Waals surface area (Å²) in [4.78, 5) is 31.7. The summed E-state index contributed by atoms with van der Waals surface area (Å²) in [6.07, 6.45) is 0.779. The molecule has 30 heavy (non-hydrogen) atoms. The Hall–Kier alpha value is -3.32. The Labute approximate surface area is 173 Å². The van der Waals surface area contributed by atoms with E-state index in [4.69, 9.17) is 0 Å². The van der Waals surface area contributed by atoms with E-state index in [1.165, 1.54) is 18.2 Å². The number of pyridine rings is 1. The molecule has 154 valence electrons. The number of rotatable bonds is 3. The second-order valence-electron chi connectivity index (χ2n) is 7.53. The maximum Gasteiger partial charge on any atom is 0.256 e. The number of aliphatic hydroxyl groups is 1. The van der Waals surface area contributed by atoms with E-state index in [9.17, 15) is 19.1 Å². The van der Waals surface area contributed by atoms with Gasteiger partial charge in [-0.1, -0.05) is 6.07 Å². The Bertz CT molecular complexity index is 1120. The maximum atomic E-state index is 13.6. The van der Waals surface area contributed by atoms with Gasteiger partial charge in [0.25, 0.3) is 11.8 Å². The number of likely N-dealkylation sites (tertiary alicyclic amines) is 1. The number of piperidine rings is 1. The molecule has 2 aromatic carbocycles. The number of carbonyl (C=O) groups is 2. The molecule has 1 aromatic heterocycles. The third-order valence-corrected chi connectivity index (χ3v) is 5.26. The summed E-state index contributed by atoms with van der Waals surface area (Å²) in [6, 6.07) is 12.6. The van der Waals surface area contributed by atoms with E-state index in [0.29, 0.717) is 59.3 Å². The number of fused-ring (bicyclic) bond motifs is 1. The fourth-order valence-electron chi connectivity index (χ4n) is 3.70. The van der Waals surface area contributed by atoms with Gasteiger partial charge in [-0.2, -0.15) is 0 Å². The summed E-state index contributed by atoms with van der Waals surface area (Å²) in [6.45, 7) is 2.76. The third kappa shape index (κ3) is 4.16. The highest BCUT2D eigenvalue weighted by Gasteiger charge is 2.22. The van der Waals surface area contributed by atoms with Crippen molar-refractivity contribution < 1.29 is 19.1 Å². The Morgan fingerprint density at radius 3 is 2.67 bits per heavy atom. The molecular formula is C23H22FN3O3. The molecule has 7 heteroatoms. The highest BCUT2D eigenvalue weighted by atomic mass is 19.1. The van der Waals surface area contributed by atoms with Crippen molar-refractivity contribution in [3.63, 3.8) is 0 Å². The Morgan fingerprint density at radius 2 is 1.90 bits per heavy atom. The average Bonchev–Trinajstić information content (AvgIpc) is 2.73. The normalized spacial score (nSPS) is 14.7. The van der Waals surface area contributed by atoms with Crippen LogP contribution in [0.1, 0.15) is 39.3 Å². The lowest BCUT2D eigenvalue weighted by Crippen LogP contribution is -2.40. The third-order valence-electron chi connectivity index (χ3n) is 5.26. The molecule has 0 bridgehead atoms. The summed E-state index contributed by atoms with van der Waals surface area (Å²) in [5.74, 6) is -0.898. The quantitative estimate of drug-likeness (QED) is 0.696. The number of hydrogen-bond donors (Lipinski definition) is 2. The summed E-state index contributed by atoms with van der Waals surface area (Å²) in [5.41, 5.74) is 2.37. The number of carbonyl (C=O) groups excluding carboxylic acids is 2. The monoisotopic (exact) mass is 407 g/mol. The van der Waals surface area contributed by atoms with Gasteiger partial charge in [-0.25, -0.2) is 4.39 Å². The van der Waals surface area contributed by atoms with Crippen molar-refractivity contribution in [1.29, 1.82) is 0 Å². The van der Waals surface area contributed by atoms with Gasteiger partial charge in [-0.05, 0) is 56.2 Å². The van der Waals surface area contributed by atoms with Crippen LogP contribution in [0.2, 0.25) is 0 Å². The number of benzene rings is 2. The van der Waals surface area contributed by atoms with Gasteiger partial charge in [-0.3, -0.25) is 14.6 Å². The number of anilines is 1. The first-order valence-electron chi connectivity index (χ1n) is 9.86. The minimum Gasteiger partial charge on any atom is -0.393 e. The van der Waals surface area contributed by atoms with Crippen LogP contribution in [0, 0.1) is 12.7 Å². The zero-order valence-corrected chi connectivity index (χ0v) is 16.6. The van der Waals surface area contributed by atoms with E-state index in [1.807, 2.05) is 0 Å². The number of nitrogens with zero attached hydrogens (tertiary/aromatic N) is 2. The topological polar surface area (TPSA) is 82.5 Å². The van der Waals surface area contributed by atoms with Crippen LogP contribution in [-0.2, 0) is 0 Å². The minimum absolute atomic E-state index is 0.126. The Morgan fingerprint density at radius 1 is 1.13 bits per heavy atom. The average molecular weight is 407 g/mol. The molecule has 6 nitrogen and oxygen atoms in total. The van der Waals surface area contributed by atoms with E-state index in [-0.39, 0.29) is 17.9 Å². The molecule has 0 saturated carbocycles. The van der Waals surface area contributed by atoms with Gasteiger partial charge in [0.2, 0.25) is 0 Å². The summed E-state index contributed by atoms with van der Waals surface area (Å²) in [7, 11) is 0. The fraction of sp³-hybridized carbons (Fsp3) is 0.261. The molecule has 2 heterocycles. The number of nitrogens with one attached hydrogen (secondary N) is 1. The fourth-order valence-corrected chi connectivity index (χ4v) is 3.70. The summed E-state index contributed by atoms with van der Waals surface area (Å²) < 4.78 is 13.6. The smallest absolute Gasteiger partial charge is 0.256 e. The number of aromatic nitrogens is 1. The molecule has 4 rings (SSSR count). The standard InChI is InChI=1S/C23H22FN3O3/c1-14-11-20(19-6-5-16(24)13-21(19)25-14)22(29)26-17-4-2-3-15(12-17)23(30)27-9-7-18(28)8-10-27/h2-6,11-13,18,28H,7-10H2,1H3,(H,26,29). The zero-order chi connectivity index (χ0) is 21.3. The SMILES string of the molecule is Cc1cc(C(=O)Nc2cccc(C(=O)N3CCC(O)CC3)c2)c2ccc(F)cc2n1. The predicted molar refractivity (Wildman–Crippen MR) is 112 cm³/mol. The number of hydrogen-bond acceptors (Lipinski definition) is 4.